The van der Waals surface area contributed by atoms with Crippen molar-refractivity contribution in [1.29, 1.82) is 0 Å². The number of hydrogen-bond acceptors (Lipinski definition) is 3. The van der Waals surface area contributed by atoms with Crippen molar-refractivity contribution >= 4 is 5.69 Å². The summed E-state index contributed by atoms with van der Waals surface area (Å²) in [6.45, 7) is 7.21. The van der Waals surface area contributed by atoms with Gasteiger partial charge in [0, 0.05) is 37.1 Å². The van der Waals surface area contributed by atoms with Gasteiger partial charge in [0.1, 0.15) is 0 Å². The van der Waals surface area contributed by atoms with Crippen molar-refractivity contribution in [2.24, 2.45) is 11.7 Å². The van der Waals surface area contributed by atoms with Gasteiger partial charge in [-0.3, -0.25) is 0 Å². The molecular weight excluding hydrogens is 260 g/mol. The molecule has 4 nitrogen and oxygen atoms in total. The maximum Gasteiger partial charge on any atom is 0.0647 e. The average molecular weight is 284 g/mol. The Kier molecular flexibility index (Phi) is 3.97. The molecule has 0 aliphatic carbocycles. The maximum absolute atomic E-state index is 5.71. The van der Waals surface area contributed by atoms with Gasteiger partial charge in [-0.15, -0.1) is 0 Å². The van der Waals surface area contributed by atoms with Gasteiger partial charge in [-0.1, -0.05) is 6.92 Å². The highest BCUT2D eigenvalue weighted by molar-refractivity contribution is 5.51. The molecule has 1 fully saturated rings. The van der Waals surface area contributed by atoms with Gasteiger partial charge in [-0.2, -0.15) is 5.10 Å². The van der Waals surface area contributed by atoms with Crippen molar-refractivity contribution in [3.63, 3.8) is 0 Å². The van der Waals surface area contributed by atoms with Crippen LogP contribution in [-0.4, -0.2) is 22.9 Å². The van der Waals surface area contributed by atoms with E-state index in [1.54, 1.807) is 0 Å². The second-order valence-corrected chi connectivity index (χ2v) is 6.07. The Hall–Kier alpha value is -1.81. The van der Waals surface area contributed by atoms with E-state index in [-0.39, 0.29) is 0 Å². The first-order chi connectivity index (χ1) is 10.2. The first-order valence-electron chi connectivity index (χ1n) is 7.78. The number of benzene rings is 1. The first kappa shape index (κ1) is 14.1. The van der Waals surface area contributed by atoms with Crippen molar-refractivity contribution in [2.75, 3.05) is 18.0 Å². The molecule has 112 valence electrons. The second kappa shape index (κ2) is 5.90. The minimum atomic E-state index is 0.538. The van der Waals surface area contributed by atoms with E-state index >= 15 is 0 Å². The zero-order chi connectivity index (χ0) is 14.8. The molecular formula is C17H24N4. The molecule has 1 aromatic carbocycles. The molecule has 0 saturated carbocycles. The molecule has 0 radical (unpaired) electrons. The van der Waals surface area contributed by atoms with Gasteiger partial charge in [0.05, 0.1) is 11.4 Å². The van der Waals surface area contributed by atoms with Gasteiger partial charge in [-0.05, 0) is 49.9 Å². The van der Waals surface area contributed by atoms with Crippen LogP contribution in [0.4, 0.5) is 5.69 Å². The number of piperidine rings is 1. The van der Waals surface area contributed by atoms with Crippen LogP contribution >= 0.6 is 0 Å². The fraction of sp³-hybridized carbons (Fsp3) is 0.471. The lowest BCUT2D eigenvalue weighted by Crippen LogP contribution is -2.32. The van der Waals surface area contributed by atoms with Gasteiger partial charge < -0.3 is 10.6 Å². The number of nitrogens with zero attached hydrogens (tertiary/aromatic N) is 3. The van der Waals surface area contributed by atoms with E-state index in [2.05, 4.69) is 41.2 Å². The Morgan fingerprint density at radius 1 is 1.14 bits per heavy atom. The number of aromatic nitrogens is 2. The van der Waals surface area contributed by atoms with Crippen molar-refractivity contribution in [3.05, 3.63) is 41.7 Å². The number of nitrogens with two attached hydrogens (primary N) is 1. The first-order valence-corrected chi connectivity index (χ1v) is 7.78. The fourth-order valence-corrected chi connectivity index (χ4v) is 2.91. The second-order valence-electron chi connectivity index (χ2n) is 6.07. The third-order valence-corrected chi connectivity index (χ3v) is 4.48. The van der Waals surface area contributed by atoms with Crippen LogP contribution in [0.1, 0.15) is 31.0 Å². The molecule has 0 bridgehead atoms. The largest absolute Gasteiger partial charge is 0.372 e. The molecule has 0 atom stereocenters. The van der Waals surface area contributed by atoms with Gasteiger partial charge in [0.2, 0.25) is 0 Å². The Morgan fingerprint density at radius 2 is 1.76 bits per heavy atom. The van der Waals surface area contributed by atoms with Crippen molar-refractivity contribution < 1.29 is 0 Å². The molecule has 21 heavy (non-hydrogen) atoms. The third-order valence-electron chi connectivity index (χ3n) is 4.48. The van der Waals surface area contributed by atoms with E-state index in [0.29, 0.717) is 6.54 Å². The monoisotopic (exact) mass is 284 g/mol. The molecule has 2 aromatic rings. The summed E-state index contributed by atoms with van der Waals surface area (Å²) in [5.74, 6) is 0.863. The molecule has 0 unspecified atom stereocenters. The molecule has 4 heteroatoms. The lowest BCUT2D eigenvalue weighted by molar-refractivity contribution is 0.438. The maximum atomic E-state index is 5.71. The predicted molar refractivity (Wildman–Crippen MR) is 86.8 cm³/mol. The smallest absolute Gasteiger partial charge is 0.0647 e. The molecule has 3 rings (SSSR count). The van der Waals surface area contributed by atoms with Crippen LogP contribution in [0, 0.1) is 12.8 Å². The Balaban J connectivity index is 1.77. The van der Waals surface area contributed by atoms with Gasteiger partial charge in [-0.25, -0.2) is 4.68 Å². The van der Waals surface area contributed by atoms with Crippen molar-refractivity contribution in [2.45, 2.75) is 33.2 Å². The Bertz CT molecular complexity index is 592. The zero-order valence-electron chi connectivity index (χ0n) is 12.9. The minimum absolute atomic E-state index is 0.538. The summed E-state index contributed by atoms with van der Waals surface area (Å²) < 4.78 is 1.92. The van der Waals surface area contributed by atoms with Crippen LogP contribution in [0.3, 0.4) is 0 Å². The molecule has 2 heterocycles. The van der Waals surface area contributed by atoms with Crippen LogP contribution in [-0.2, 0) is 6.54 Å². The van der Waals surface area contributed by atoms with E-state index in [9.17, 15) is 0 Å². The fourth-order valence-electron chi connectivity index (χ4n) is 2.91. The minimum Gasteiger partial charge on any atom is -0.372 e. The van der Waals surface area contributed by atoms with Crippen LogP contribution in [0.2, 0.25) is 0 Å². The van der Waals surface area contributed by atoms with E-state index in [1.807, 2.05) is 17.8 Å². The predicted octanol–water partition coefficient (Wildman–Crippen LogP) is 2.88. The highest BCUT2D eigenvalue weighted by Gasteiger charge is 2.16. The summed E-state index contributed by atoms with van der Waals surface area (Å²) in [4.78, 5) is 2.48. The topological polar surface area (TPSA) is 47.1 Å². The van der Waals surface area contributed by atoms with Crippen molar-refractivity contribution in [1.82, 2.24) is 9.78 Å². The van der Waals surface area contributed by atoms with E-state index in [4.69, 9.17) is 5.73 Å². The molecule has 0 amide bonds. The Morgan fingerprint density at radius 3 is 2.33 bits per heavy atom. The highest BCUT2D eigenvalue weighted by Crippen LogP contribution is 2.24. The molecule has 1 aromatic heterocycles. The van der Waals surface area contributed by atoms with Gasteiger partial charge >= 0.3 is 0 Å². The normalized spacial score (nSPS) is 16.4. The highest BCUT2D eigenvalue weighted by atomic mass is 15.3. The number of rotatable bonds is 3. The van der Waals surface area contributed by atoms with Gasteiger partial charge in [0.15, 0.2) is 0 Å². The van der Waals surface area contributed by atoms with E-state index in [1.165, 1.54) is 31.6 Å². The molecule has 1 aliphatic rings. The van der Waals surface area contributed by atoms with Crippen LogP contribution in [0.5, 0.6) is 0 Å². The van der Waals surface area contributed by atoms with Crippen LogP contribution in [0.25, 0.3) is 5.69 Å². The number of hydrogen-bond donors (Lipinski definition) is 1. The van der Waals surface area contributed by atoms with Crippen LogP contribution in [0.15, 0.2) is 30.5 Å². The number of aryl methyl sites for hydroxylation is 1. The van der Waals surface area contributed by atoms with E-state index < -0.39 is 0 Å². The van der Waals surface area contributed by atoms with Crippen molar-refractivity contribution in [3.8, 4) is 5.69 Å². The quantitative estimate of drug-likeness (QED) is 0.942. The van der Waals surface area contributed by atoms with Crippen LogP contribution < -0.4 is 10.6 Å². The molecule has 1 aliphatic heterocycles. The lowest BCUT2D eigenvalue weighted by atomic mass is 9.99. The Labute approximate surface area is 126 Å². The summed E-state index contributed by atoms with van der Waals surface area (Å²) in [6.07, 6.45) is 4.60. The standard InChI is InChI=1S/C17H24N4/c1-13-7-9-20(10-8-13)16-3-5-17(6-4-16)21-12-15(11-18)14(2)19-21/h3-6,12-13H,7-11,18H2,1-2H3. The summed E-state index contributed by atoms with van der Waals surface area (Å²) in [5, 5.41) is 4.53. The summed E-state index contributed by atoms with van der Waals surface area (Å²) in [5.41, 5.74) is 10.2. The average Bonchev–Trinajstić information content (AvgIpc) is 2.89. The third kappa shape index (κ3) is 2.95. The lowest BCUT2D eigenvalue weighted by Gasteiger charge is -2.32. The SMILES string of the molecule is Cc1nn(-c2ccc(N3CCC(C)CC3)cc2)cc1CN. The van der Waals surface area contributed by atoms with Gasteiger partial charge in [0.25, 0.3) is 0 Å². The summed E-state index contributed by atoms with van der Waals surface area (Å²) in [7, 11) is 0. The molecule has 2 N–H and O–H groups in total. The zero-order valence-corrected chi connectivity index (χ0v) is 12.9. The summed E-state index contributed by atoms with van der Waals surface area (Å²) >= 11 is 0. The molecule has 0 spiro atoms. The van der Waals surface area contributed by atoms with E-state index in [0.717, 1.165) is 22.9 Å². The summed E-state index contributed by atoms with van der Waals surface area (Å²) in [6, 6.07) is 8.68. The number of anilines is 1. The molecule has 1 saturated heterocycles.